The number of rotatable bonds is 3. The number of amides is 2. The smallest absolute Gasteiger partial charge is 0.228 e. The van der Waals surface area contributed by atoms with E-state index < -0.39 is 0 Å². The van der Waals surface area contributed by atoms with Crippen LogP contribution in [0.5, 0.6) is 0 Å². The molecule has 0 unspecified atom stereocenters. The molecule has 2 aromatic carbocycles. The average Bonchev–Trinajstić information content (AvgIpc) is 2.87. The quantitative estimate of drug-likeness (QED) is 0.909. The number of fused-ring (bicyclic) bond motifs is 1. The summed E-state index contributed by atoms with van der Waals surface area (Å²) >= 11 is 0. The van der Waals surface area contributed by atoms with E-state index in [2.05, 4.69) is 10.6 Å². The van der Waals surface area contributed by atoms with Crippen molar-refractivity contribution in [3.8, 4) is 6.07 Å². The van der Waals surface area contributed by atoms with Crippen LogP contribution in [0.2, 0.25) is 0 Å². The maximum Gasteiger partial charge on any atom is 0.228 e. The van der Waals surface area contributed by atoms with Gasteiger partial charge in [0.2, 0.25) is 11.8 Å². The highest BCUT2D eigenvalue weighted by Crippen LogP contribution is 2.24. The summed E-state index contributed by atoms with van der Waals surface area (Å²) in [5.41, 5.74) is 3.49. The highest BCUT2D eigenvalue weighted by atomic mass is 16.2. The molecule has 0 saturated heterocycles. The molecule has 0 aliphatic carbocycles. The minimum atomic E-state index is -0.195. The molecular weight excluding hydrogens is 278 g/mol. The zero-order chi connectivity index (χ0) is 15.5. The monoisotopic (exact) mass is 291 g/mol. The standard InChI is InChI=1S/C17H13N3O2/c18-10-12-3-1-2-4-14(12)19-16(21)8-11-5-6-15-13(7-11)9-17(22)20-15/h1-7H,8-9H2,(H,19,21)(H,20,22). The van der Waals surface area contributed by atoms with Crippen molar-refractivity contribution in [2.45, 2.75) is 12.8 Å². The summed E-state index contributed by atoms with van der Waals surface area (Å²) in [5, 5.41) is 14.5. The predicted molar refractivity (Wildman–Crippen MR) is 82.3 cm³/mol. The zero-order valence-electron chi connectivity index (χ0n) is 11.7. The Kier molecular flexibility index (Phi) is 3.58. The maximum atomic E-state index is 12.1. The van der Waals surface area contributed by atoms with Gasteiger partial charge < -0.3 is 10.6 Å². The fourth-order valence-electron chi connectivity index (χ4n) is 2.46. The van der Waals surface area contributed by atoms with Crippen LogP contribution in [0, 0.1) is 11.3 Å². The minimum absolute atomic E-state index is 0.0282. The summed E-state index contributed by atoms with van der Waals surface area (Å²) in [6, 6.07) is 14.4. The van der Waals surface area contributed by atoms with E-state index >= 15 is 0 Å². The fraction of sp³-hybridized carbons (Fsp3) is 0.118. The number of anilines is 2. The molecular formula is C17H13N3O2. The van der Waals surface area contributed by atoms with E-state index in [4.69, 9.17) is 5.26 Å². The Labute approximate surface area is 127 Å². The van der Waals surface area contributed by atoms with Crippen molar-refractivity contribution in [1.82, 2.24) is 0 Å². The molecule has 1 aliphatic heterocycles. The summed E-state index contributed by atoms with van der Waals surface area (Å²) in [7, 11) is 0. The summed E-state index contributed by atoms with van der Waals surface area (Å²) in [5.74, 6) is -0.223. The molecule has 0 saturated carbocycles. The van der Waals surface area contributed by atoms with Crippen LogP contribution >= 0.6 is 0 Å². The normalized spacial score (nSPS) is 12.2. The first kappa shape index (κ1) is 13.8. The van der Waals surface area contributed by atoms with Crippen LogP contribution in [0.4, 0.5) is 11.4 Å². The molecule has 3 rings (SSSR count). The lowest BCUT2D eigenvalue weighted by Crippen LogP contribution is -2.15. The van der Waals surface area contributed by atoms with Crippen molar-refractivity contribution in [3.05, 3.63) is 59.2 Å². The molecule has 0 atom stereocenters. The Balaban J connectivity index is 1.72. The molecule has 0 fully saturated rings. The number of para-hydroxylation sites is 1. The Morgan fingerprint density at radius 3 is 2.91 bits per heavy atom. The molecule has 2 aromatic rings. The Morgan fingerprint density at radius 1 is 1.27 bits per heavy atom. The van der Waals surface area contributed by atoms with Gasteiger partial charge in [0.15, 0.2) is 0 Å². The number of nitriles is 1. The molecule has 2 N–H and O–H groups in total. The number of nitrogens with zero attached hydrogens (tertiary/aromatic N) is 1. The van der Waals surface area contributed by atoms with Crippen LogP contribution in [-0.4, -0.2) is 11.8 Å². The molecule has 108 valence electrons. The first-order chi connectivity index (χ1) is 10.7. The largest absolute Gasteiger partial charge is 0.326 e. The molecule has 5 heteroatoms. The van der Waals surface area contributed by atoms with E-state index in [1.165, 1.54) is 0 Å². The van der Waals surface area contributed by atoms with E-state index in [0.717, 1.165) is 16.8 Å². The van der Waals surface area contributed by atoms with Crippen molar-refractivity contribution in [3.63, 3.8) is 0 Å². The summed E-state index contributed by atoms with van der Waals surface area (Å²) in [4.78, 5) is 23.4. The molecule has 0 radical (unpaired) electrons. The van der Waals surface area contributed by atoms with E-state index in [1.807, 2.05) is 24.3 Å². The van der Waals surface area contributed by atoms with Crippen LogP contribution in [0.15, 0.2) is 42.5 Å². The number of carbonyl (C=O) groups excluding carboxylic acids is 2. The molecule has 0 bridgehead atoms. The van der Waals surface area contributed by atoms with Gasteiger partial charge in [0.1, 0.15) is 6.07 Å². The lowest BCUT2D eigenvalue weighted by atomic mass is 10.1. The van der Waals surface area contributed by atoms with Gasteiger partial charge >= 0.3 is 0 Å². The van der Waals surface area contributed by atoms with Gasteiger partial charge in [-0.05, 0) is 29.3 Å². The first-order valence-corrected chi connectivity index (χ1v) is 6.86. The number of nitrogens with one attached hydrogen (secondary N) is 2. The van der Waals surface area contributed by atoms with Crippen LogP contribution < -0.4 is 10.6 Å². The Morgan fingerprint density at radius 2 is 2.09 bits per heavy atom. The minimum Gasteiger partial charge on any atom is -0.326 e. The van der Waals surface area contributed by atoms with E-state index in [-0.39, 0.29) is 18.2 Å². The number of benzene rings is 2. The fourth-order valence-corrected chi connectivity index (χ4v) is 2.46. The third-order valence-electron chi connectivity index (χ3n) is 3.48. The molecule has 22 heavy (non-hydrogen) atoms. The SMILES string of the molecule is N#Cc1ccccc1NC(=O)Cc1ccc2c(c1)CC(=O)N2. The summed E-state index contributed by atoms with van der Waals surface area (Å²) in [6.45, 7) is 0. The van der Waals surface area contributed by atoms with Crippen LogP contribution in [0.1, 0.15) is 16.7 Å². The average molecular weight is 291 g/mol. The van der Waals surface area contributed by atoms with Gasteiger partial charge in [0.05, 0.1) is 24.1 Å². The van der Waals surface area contributed by atoms with Crippen molar-refractivity contribution >= 4 is 23.2 Å². The van der Waals surface area contributed by atoms with Gasteiger partial charge in [-0.15, -0.1) is 0 Å². The van der Waals surface area contributed by atoms with Gasteiger partial charge in [0, 0.05) is 5.69 Å². The van der Waals surface area contributed by atoms with Crippen LogP contribution in [0.3, 0.4) is 0 Å². The van der Waals surface area contributed by atoms with Crippen molar-refractivity contribution in [2.75, 3.05) is 10.6 Å². The summed E-state index contributed by atoms with van der Waals surface area (Å²) in [6.07, 6.45) is 0.545. The molecule has 0 aromatic heterocycles. The molecule has 5 nitrogen and oxygen atoms in total. The number of carbonyl (C=O) groups is 2. The molecule has 1 aliphatic rings. The maximum absolute atomic E-state index is 12.1. The van der Waals surface area contributed by atoms with Crippen molar-refractivity contribution < 1.29 is 9.59 Å². The van der Waals surface area contributed by atoms with Crippen LogP contribution in [0.25, 0.3) is 0 Å². The zero-order valence-corrected chi connectivity index (χ0v) is 11.7. The van der Waals surface area contributed by atoms with E-state index in [1.54, 1.807) is 24.3 Å². The van der Waals surface area contributed by atoms with Gasteiger partial charge in [-0.1, -0.05) is 24.3 Å². The lowest BCUT2D eigenvalue weighted by Gasteiger charge is -2.08. The van der Waals surface area contributed by atoms with Crippen LogP contribution in [-0.2, 0) is 22.4 Å². The topological polar surface area (TPSA) is 82.0 Å². The van der Waals surface area contributed by atoms with Gasteiger partial charge in [0.25, 0.3) is 0 Å². The second-order valence-corrected chi connectivity index (χ2v) is 5.10. The van der Waals surface area contributed by atoms with Crippen molar-refractivity contribution in [2.24, 2.45) is 0 Å². The Bertz CT molecular complexity index is 806. The third kappa shape index (κ3) is 2.81. The number of hydrogen-bond acceptors (Lipinski definition) is 3. The molecule has 2 amide bonds. The lowest BCUT2D eigenvalue weighted by molar-refractivity contribution is -0.116. The summed E-state index contributed by atoms with van der Waals surface area (Å²) < 4.78 is 0. The van der Waals surface area contributed by atoms with Gasteiger partial charge in [-0.25, -0.2) is 0 Å². The number of hydrogen-bond donors (Lipinski definition) is 2. The highest BCUT2D eigenvalue weighted by molar-refractivity contribution is 5.99. The highest BCUT2D eigenvalue weighted by Gasteiger charge is 2.18. The second kappa shape index (κ2) is 5.70. The third-order valence-corrected chi connectivity index (χ3v) is 3.48. The molecule has 0 spiro atoms. The van der Waals surface area contributed by atoms with E-state index in [0.29, 0.717) is 17.7 Å². The Hall–Kier alpha value is -3.13. The van der Waals surface area contributed by atoms with E-state index in [9.17, 15) is 9.59 Å². The molecule has 1 heterocycles. The van der Waals surface area contributed by atoms with Gasteiger partial charge in [-0.3, -0.25) is 9.59 Å². The van der Waals surface area contributed by atoms with Gasteiger partial charge in [-0.2, -0.15) is 5.26 Å². The van der Waals surface area contributed by atoms with Crippen molar-refractivity contribution in [1.29, 1.82) is 5.26 Å². The first-order valence-electron chi connectivity index (χ1n) is 6.86. The predicted octanol–water partition coefficient (Wildman–Crippen LogP) is 2.23. The second-order valence-electron chi connectivity index (χ2n) is 5.10.